The molecule has 0 aliphatic carbocycles. The summed E-state index contributed by atoms with van der Waals surface area (Å²) in [5, 5.41) is 13.2. The van der Waals surface area contributed by atoms with Crippen LogP contribution in [0.25, 0.3) is 0 Å². The molecule has 0 bridgehead atoms. The second kappa shape index (κ2) is 10.4. The van der Waals surface area contributed by atoms with Crippen molar-refractivity contribution in [2.45, 2.75) is 13.5 Å². The lowest BCUT2D eigenvalue weighted by Gasteiger charge is -2.10. The Labute approximate surface area is 175 Å². The monoisotopic (exact) mass is 399 g/mol. The van der Waals surface area contributed by atoms with Crippen LogP contribution in [-0.4, -0.2) is 18.7 Å². The minimum Gasteiger partial charge on any atom is -0.494 e. The molecule has 3 aromatic carbocycles. The number of hydrazone groups is 1. The molecule has 30 heavy (non-hydrogen) atoms. The van der Waals surface area contributed by atoms with Gasteiger partial charge in [0.1, 0.15) is 18.1 Å². The van der Waals surface area contributed by atoms with Gasteiger partial charge in [-0.25, -0.2) is 5.43 Å². The van der Waals surface area contributed by atoms with Crippen molar-refractivity contribution >= 4 is 12.1 Å². The Balaban J connectivity index is 1.63. The van der Waals surface area contributed by atoms with Gasteiger partial charge in [0, 0.05) is 16.7 Å². The van der Waals surface area contributed by atoms with Crippen molar-refractivity contribution in [1.29, 1.82) is 5.26 Å². The highest BCUT2D eigenvalue weighted by Gasteiger charge is 2.06. The van der Waals surface area contributed by atoms with Crippen LogP contribution in [0, 0.1) is 11.3 Å². The highest BCUT2D eigenvalue weighted by molar-refractivity contribution is 5.95. The van der Waals surface area contributed by atoms with E-state index in [0.717, 1.165) is 5.56 Å². The Hall–Kier alpha value is -4.11. The van der Waals surface area contributed by atoms with E-state index in [1.807, 2.05) is 49.4 Å². The van der Waals surface area contributed by atoms with E-state index in [1.54, 1.807) is 30.3 Å². The van der Waals surface area contributed by atoms with Gasteiger partial charge in [-0.05, 0) is 49.4 Å². The van der Waals surface area contributed by atoms with Gasteiger partial charge in [0.2, 0.25) is 0 Å². The van der Waals surface area contributed by atoms with E-state index in [4.69, 9.17) is 9.47 Å². The number of carbonyl (C=O) groups is 1. The Morgan fingerprint density at radius 3 is 2.53 bits per heavy atom. The molecule has 0 heterocycles. The molecule has 1 N–H and O–H groups in total. The highest BCUT2D eigenvalue weighted by Crippen LogP contribution is 2.19. The summed E-state index contributed by atoms with van der Waals surface area (Å²) in [5.74, 6) is 0.988. The molecule has 150 valence electrons. The molecular formula is C24H21N3O3. The average molecular weight is 399 g/mol. The van der Waals surface area contributed by atoms with Gasteiger partial charge in [-0.1, -0.05) is 30.3 Å². The molecule has 3 aromatic rings. The van der Waals surface area contributed by atoms with Crippen LogP contribution in [0.5, 0.6) is 11.5 Å². The van der Waals surface area contributed by atoms with E-state index >= 15 is 0 Å². The van der Waals surface area contributed by atoms with Gasteiger partial charge in [-0.3, -0.25) is 4.79 Å². The van der Waals surface area contributed by atoms with E-state index in [0.29, 0.717) is 34.8 Å². The van der Waals surface area contributed by atoms with Crippen molar-refractivity contribution in [3.05, 3.63) is 95.1 Å². The standard InChI is InChI=1S/C24H21N3O3/c1-2-29-22-13-11-18(12-14-22)24(28)27-26-16-20-8-5-6-10-23(20)30-17-21-9-4-3-7-19(21)15-25/h3-14,16H,2,17H2,1H3,(H,27,28)/b26-16+. The molecule has 6 nitrogen and oxygen atoms in total. The molecule has 0 atom stereocenters. The van der Waals surface area contributed by atoms with Crippen LogP contribution in [-0.2, 0) is 6.61 Å². The van der Waals surface area contributed by atoms with Crippen LogP contribution in [0.2, 0.25) is 0 Å². The number of rotatable bonds is 8. The summed E-state index contributed by atoms with van der Waals surface area (Å²) in [6.45, 7) is 2.73. The fraction of sp³-hybridized carbons (Fsp3) is 0.125. The molecule has 1 amide bonds. The normalized spacial score (nSPS) is 10.4. The Bertz CT molecular complexity index is 1070. The minimum absolute atomic E-state index is 0.257. The van der Waals surface area contributed by atoms with Gasteiger partial charge in [0.05, 0.1) is 24.5 Å². The molecule has 0 aromatic heterocycles. The highest BCUT2D eigenvalue weighted by atomic mass is 16.5. The molecule has 0 aliphatic heterocycles. The van der Waals surface area contributed by atoms with E-state index in [-0.39, 0.29) is 12.5 Å². The number of amides is 1. The second-order valence-electron chi connectivity index (χ2n) is 6.25. The summed E-state index contributed by atoms with van der Waals surface area (Å²) in [6, 6.07) is 23.6. The SMILES string of the molecule is CCOc1ccc(C(=O)N/N=C/c2ccccc2OCc2ccccc2C#N)cc1. The van der Waals surface area contributed by atoms with Gasteiger partial charge in [0.25, 0.3) is 5.91 Å². The molecule has 0 spiro atoms. The predicted molar refractivity (Wildman–Crippen MR) is 115 cm³/mol. The maximum atomic E-state index is 12.2. The number of hydrogen-bond acceptors (Lipinski definition) is 5. The summed E-state index contributed by atoms with van der Waals surface area (Å²) >= 11 is 0. The topological polar surface area (TPSA) is 83.7 Å². The van der Waals surface area contributed by atoms with Crippen molar-refractivity contribution in [3.63, 3.8) is 0 Å². The quantitative estimate of drug-likeness (QED) is 0.452. The first-order valence-corrected chi connectivity index (χ1v) is 9.47. The number of carbonyl (C=O) groups excluding carboxylic acids is 1. The lowest BCUT2D eigenvalue weighted by atomic mass is 10.1. The first kappa shape index (κ1) is 20.6. The smallest absolute Gasteiger partial charge is 0.271 e. The van der Waals surface area contributed by atoms with Crippen molar-refractivity contribution in [3.8, 4) is 17.6 Å². The lowest BCUT2D eigenvalue weighted by molar-refractivity contribution is 0.0955. The zero-order chi connectivity index (χ0) is 21.2. The third-order valence-electron chi connectivity index (χ3n) is 4.24. The van der Waals surface area contributed by atoms with E-state index < -0.39 is 0 Å². The number of nitrogens with one attached hydrogen (secondary N) is 1. The molecule has 0 fully saturated rings. The molecule has 0 saturated carbocycles. The minimum atomic E-state index is -0.323. The molecule has 0 saturated heterocycles. The lowest BCUT2D eigenvalue weighted by Crippen LogP contribution is -2.17. The van der Waals surface area contributed by atoms with Crippen molar-refractivity contribution < 1.29 is 14.3 Å². The van der Waals surface area contributed by atoms with E-state index in [2.05, 4.69) is 16.6 Å². The molecule has 0 radical (unpaired) electrons. The number of ether oxygens (including phenoxy) is 2. The second-order valence-corrected chi connectivity index (χ2v) is 6.25. The Morgan fingerprint density at radius 2 is 1.77 bits per heavy atom. The third kappa shape index (κ3) is 5.46. The summed E-state index contributed by atoms with van der Waals surface area (Å²) in [6.07, 6.45) is 1.53. The Kier molecular flexibility index (Phi) is 7.17. The maximum absolute atomic E-state index is 12.2. The fourth-order valence-electron chi connectivity index (χ4n) is 2.72. The first-order chi connectivity index (χ1) is 14.7. The van der Waals surface area contributed by atoms with Crippen molar-refractivity contribution in [2.75, 3.05) is 6.61 Å². The zero-order valence-corrected chi connectivity index (χ0v) is 16.5. The van der Waals surface area contributed by atoms with Gasteiger partial charge in [-0.15, -0.1) is 0 Å². The zero-order valence-electron chi connectivity index (χ0n) is 16.5. The van der Waals surface area contributed by atoms with Crippen LogP contribution in [0.3, 0.4) is 0 Å². The number of nitrogens with zero attached hydrogens (tertiary/aromatic N) is 2. The predicted octanol–water partition coefficient (Wildman–Crippen LogP) is 4.30. The van der Waals surface area contributed by atoms with Crippen LogP contribution in [0.4, 0.5) is 0 Å². The summed E-state index contributed by atoms with van der Waals surface area (Å²) in [5.41, 5.74) is 5.07. The summed E-state index contributed by atoms with van der Waals surface area (Å²) in [4.78, 5) is 12.2. The third-order valence-corrected chi connectivity index (χ3v) is 4.24. The molecular weight excluding hydrogens is 378 g/mol. The number of nitriles is 1. The van der Waals surface area contributed by atoms with Crippen molar-refractivity contribution in [2.24, 2.45) is 5.10 Å². The number of benzene rings is 3. The summed E-state index contributed by atoms with van der Waals surface area (Å²) in [7, 11) is 0. The van der Waals surface area contributed by atoms with Crippen LogP contribution in [0.1, 0.15) is 34.0 Å². The fourth-order valence-corrected chi connectivity index (χ4v) is 2.72. The first-order valence-electron chi connectivity index (χ1n) is 9.47. The molecule has 3 rings (SSSR count). The van der Waals surface area contributed by atoms with Gasteiger partial charge in [0.15, 0.2) is 0 Å². The van der Waals surface area contributed by atoms with E-state index in [9.17, 15) is 10.1 Å². The molecule has 0 aliphatic rings. The molecule has 0 unspecified atom stereocenters. The Morgan fingerprint density at radius 1 is 1.03 bits per heavy atom. The van der Waals surface area contributed by atoms with Gasteiger partial charge >= 0.3 is 0 Å². The van der Waals surface area contributed by atoms with Gasteiger partial charge < -0.3 is 9.47 Å². The van der Waals surface area contributed by atoms with E-state index in [1.165, 1.54) is 6.21 Å². The van der Waals surface area contributed by atoms with Crippen LogP contribution in [0.15, 0.2) is 77.9 Å². The van der Waals surface area contributed by atoms with Crippen LogP contribution >= 0.6 is 0 Å². The average Bonchev–Trinajstić information content (AvgIpc) is 2.79. The number of para-hydroxylation sites is 1. The largest absolute Gasteiger partial charge is 0.494 e. The molecule has 6 heteroatoms. The maximum Gasteiger partial charge on any atom is 0.271 e. The van der Waals surface area contributed by atoms with Crippen molar-refractivity contribution in [1.82, 2.24) is 5.43 Å². The van der Waals surface area contributed by atoms with Gasteiger partial charge in [-0.2, -0.15) is 10.4 Å². The summed E-state index contributed by atoms with van der Waals surface area (Å²) < 4.78 is 11.2. The number of hydrogen-bond donors (Lipinski definition) is 1. The van der Waals surface area contributed by atoms with Crippen LogP contribution < -0.4 is 14.9 Å².